The van der Waals surface area contributed by atoms with E-state index >= 15 is 0 Å². The van der Waals surface area contributed by atoms with Gasteiger partial charge in [-0.05, 0) is 48.0 Å². The molecule has 0 aliphatic carbocycles. The van der Waals surface area contributed by atoms with Gasteiger partial charge < -0.3 is 14.7 Å². The Morgan fingerprint density at radius 1 is 0.575 bits per heavy atom. The molecule has 9 rings (SSSR count). The number of furan rings is 1. The lowest BCUT2D eigenvalue weighted by atomic mass is 9.99. The molecule has 0 radical (unpaired) electrons. The Bertz CT molecular complexity index is 2460. The molecule has 0 fully saturated rings. The quantitative estimate of drug-likeness (QED) is 0.226. The van der Waals surface area contributed by atoms with Gasteiger partial charge in [0.1, 0.15) is 11.2 Å². The number of hydrogen-bond donors (Lipinski definition) is 1. The Labute approximate surface area is 233 Å². The van der Waals surface area contributed by atoms with Crippen LogP contribution in [-0.4, -0.2) is 4.57 Å². The maximum atomic E-state index is 6.85. The minimum Gasteiger partial charge on any atom is -0.456 e. The molecule has 9 aromatic rings. The van der Waals surface area contributed by atoms with E-state index in [0.29, 0.717) is 0 Å². The number of hydrogen-bond acceptors (Lipinski definition) is 3. The zero-order valence-electron chi connectivity index (χ0n) is 21.4. The summed E-state index contributed by atoms with van der Waals surface area (Å²) in [6.45, 7) is 0. The van der Waals surface area contributed by atoms with Crippen LogP contribution < -0.4 is 5.73 Å². The van der Waals surface area contributed by atoms with E-state index in [1.807, 2.05) is 35.6 Å². The van der Waals surface area contributed by atoms with Gasteiger partial charge in [0.15, 0.2) is 0 Å². The van der Waals surface area contributed by atoms with E-state index in [4.69, 9.17) is 10.2 Å². The number of aromatic nitrogens is 1. The smallest absolute Gasteiger partial charge is 0.135 e. The van der Waals surface area contributed by atoms with Gasteiger partial charge >= 0.3 is 0 Å². The van der Waals surface area contributed by atoms with Gasteiger partial charge in [-0.2, -0.15) is 0 Å². The number of rotatable bonds is 2. The lowest BCUT2D eigenvalue weighted by Gasteiger charge is -2.16. The first-order chi connectivity index (χ1) is 19.8. The average molecular weight is 531 g/mol. The fourth-order valence-corrected chi connectivity index (χ4v) is 7.67. The maximum absolute atomic E-state index is 6.85. The summed E-state index contributed by atoms with van der Waals surface area (Å²) >= 11 is 1.87. The number of nitrogen functional groups attached to an aromatic ring is 1. The number of anilines is 1. The van der Waals surface area contributed by atoms with Crippen molar-refractivity contribution in [3.8, 4) is 16.8 Å². The second-order valence-electron chi connectivity index (χ2n) is 10.3. The topological polar surface area (TPSA) is 44.1 Å². The first-order valence-electron chi connectivity index (χ1n) is 13.4. The maximum Gasteiger partial charge on any atom is 0.135 e. The Morgan fingerprint density at radius 2 is 1.35 bits per heavy atom. The Balaban J connectivity index is 1.39. The van der Waals surface area contributed by atoms with Crippen LogP contribution in [0.2, 0.25) is 0 Å². The fourth-order valence-electron chi connectivity index (χ4n) is 6.41. The van der Waals surface area contributed by atoms with E-state index in [1.54, 1.807) is 0 Å². The molecule has 3 nitrogen and oxygen atoms in total. The molecule has 0 aliphatic heterocycles. The largest absolute Gasteiger partial charge is 0.456 e. The zero-order valence-corrected chi connectivity index (χ0v) is 22.2. The first kappa shape index (κ1) is 21.8. The predicted molar refractivity (Wildman–Crippen MR) is 171 cm³/mol. The highest BCUT2D eigenvalue weighted by Crippen LogP contribution is 2.45. The number of nitrogens with zero attached hydrogens (tertiary/aromatic N) is 1. The van der Waals surface area contributed by atoms with Crippen molar-refractivity contribution < 1.29 is 4.42 Å². The molecular formula is C36H22N2OS. The summed E-state index contributed by atoms with van der Waals surface area (Å²) in [7, 11) is 0. The molecule has 2 N–H and O–H groups in total. The summed E-state index contributed by atoms with van der Waals surface area (Å²) in [4.78, 5) is 0. The molecule has 4 heteroatoms. The number of benzene rings is 6. The molecular weight excluding hydrogens is 508 g/mol. The summed E-state index contributed by atoms with van der Waals surface area (Å²) in [6, 6.07) is 42.8. The van der Waals surface area contributed by atoms with Crippen molar-refractivity contribution in [1.82, 2.24) is 4.57 Å². The van der Waals surface area contributed by atoms with E-state index in [1.165, 1.54) is 30.9 Å². The van der Waals surface area contributed by atoms with Crippen molar-refractivity contribution in [3.63, 3.8) is 0 Å². The third-order valence-corrected chi connectivity index (χ3v) is 9.36. The molecule has 0 bridgehead atoms. The fraction of sp³-hybridized carbons (Fsp3) is 0. The van der Waals surface area contributed by atoms with Crippen LogP contribution >= 0.6 is 11.3 Å². The SMILES string of the molecule is Nc1cccc(-c2ccc3oc4ccccc4c3c2)c1-n1c2ccccc2c2c3sc4ccccc4c3ccc21. The molecule has 6 aromatic carbocycles. The van der Waals surface area contributed by atoms with Crippen LogP contribution in [0.3, 0.4) is 0 Å². The van der Waals surface area contributed by atoms with E-state index in [9.17, 15) is 0 Å². The summed E-state index contributed by atoms with van der Waals surface area (Å²) in [5, 5.41) is 7.35. The van der Waals surface area contributed by atoms with Gasteiger partial charge in [0.05, 0.1) is 22.4 Å². The molecule has 3 heterocycles. The summed E-state index contributed by atoms with van der Waals surface area (Å²) in [6.07, 6.45) is 0. The summed E-state index contributed by atoms with van der Waals surface area (Å²) in [5.41, 5.74) is 14.9. The summed E-state index contributed by atoms with van der Waals surface area (Å²) < 4.78 is 11.1. The highest BCUT2D eigenvalue weighted by Gasteiger charge is 2.21. The lowest BCUT2D eigenvalue weighted by Crippen LogP contribution is -2.02. The number of para-hydroxylation sites is 3. The third-order valence-electron chi connectivity index (χ3n) is 8.16. The van der Waals surface area contributed by atoms with Gasteiger partial charge in [0, 0.05) is 47.3 Å². The summed E-state index contributed by atoms with van der Waals surface area (Å²) in [5.74, 6) is 0. The Hall–Kier alpha value is -5.06. The van der Waals surface area contributed by atoms with Crippen molar-refractivity contribution in [2.45, 2.75) is 0 Å². The van der Waals surface area contributed by atoms with Crippen molar-refractivity contribution in [2.75, 3.05) is 5.73 Å². The minimum atomic E-state index is 0.744. The highest BCUT2D eigenvalue weighted by atomic mass is 32.1. The molecule has 0 saturated carbocycles. The van der Waals surface area contributed by atoms with Crippen LogP contribution in [0.15, 0.2) is 126 Å². The van der Waals surface area contributed by atoms with E-state index in [2.05, 4.69) is 102 Å². The van der Waals surface area contributed by atoms with Crippen LogP contribution in [-0.2, 0) is 0 Å². The predicted octanol–water partition coefficient (Wildman–Crippen LogP) is 10.3. The van der Waals surface area contributed by atoms with Gasteiger partial charge in [-0.15, -0.1) is 11.3 Å². The monoisotopic (exact) mass is 530 g/mol. The highest BCUT2D eigenvalue weighted by molar-refractivity contribution is 7.26. The normalized spacial score (nSPS) is 12.1. The number of thiophene rings is 1. The second-order valence-corrected chi connectivity index (χ2v) is 11.4. The molecule has 0 amide bonds. The van der Waals surface area contributed by atoms with Crippen molar-refractivity contribution >= 4 is 80.9 Å². The van der Waals surface area contributed by atoms with E-state index in [0.717, 1.165) is 55.5 Å². The standard InChI is InChI=1S/C36H22N2OS/c37-28-12-7-11-22(21-16-19-32-27(20-21)23-8-2-5-14-31(23)39-32)35(28)38-29-13-4-1-10-26(29)34-30(38)18-17-25-24-9-3-6-15-33(24)40-36(25)34/h1-20H,37H2. The zero-order chi connectivity index (χ0) is 26.4. The van der Waals surface area contributed by atoms with Crippen molar-refractivity contribution in [3.05, 3.63) is 121 Å². The molecule has 3 aromatic heterocycles. The molecule has 0 aliphatic rings. The number of nitrogens with two attached hydrogens (primary N) is 1. The molecule has 188 valence electrons. The van der Waals surface area contributed by atoms with Crippen molar-refractivity contribution in [2.24, 2.45) is 0 Å². The van der Waals surface area contributed by atoms with Crippen molar-refractivity contribution in [1.29, 1.82) is 0 Å². The van der Waals surface area contributed by atoms with Gasteiger partial charge in [0.25, 0.3) is 0 Å². The lowest BCUT2D eigenvalue weighted by molar-refractivity contribution is 0.669. The van der Waals surface area contributed by atoms with Crippen LogP contribution in [0.1, 0.15) is 0 Å². The van der Waals surface area contributed by atoms with Crippen LogP contribution in [0, 0.1) is 0 Å². The van der Waals surface area contributed by atoms with E-state index < -0.39 is 0 Å². The molecule has 0 unspecified atom stereocenters. The Kier molecular flexibility index (Phi) is 4.35. The minimum absolute atomic E-state index is 0.744. The number of fused-ring (bicyclic) bond motifs is 10. The van der Waals surface area contributed by atoms with E-state index in [-0.39, 0.29) is 0 Å². The van der Waals surface area contributed by atoms with Gasteiger partial charge in [-0.3, -0.25) is 0 Å². The third kappa shape index (κ3) is 2.88. The average Bonchev–Trinajstić information content (AvgIpc) is 3.66. The first-order valence-corrected chi connectivity index (χ1v) is 14.2. The Morgan fingerprint density at radius 3 is 2.27 bits per heavy atom. The molecule has 0 saturated heterocycles. The second kappa shape index (κ2) is 7.98. The molecule has 0 spiro atoms. The van der Waals surface area contributed by atoms with Gasteiger partial charge in [-0.25, -0.2) is 0 Å². The molecule has 40 heavy (non-hydrogen) atoms. The molecule has 0 atom stereocenters. The van der Waals surface area contributed by atoms with Gasteiger partial charge in [-0.1, -0.05) is 78.9 Å². The van der Waals surface area contributed by atoms with Crippen LogP contribution in [0.4, 0.5) is 5.69 Å². The van der Waals surface area contributed by atoms with Gasteiger partial charge in [0.2, 0.25) is 0 Å². The van der Waals surface area contributed by atoms with Crippen LogP contribution in [0.5, 0.6) is 0 Å². The van der Waals surface area contributed by atoms with Crippen LogP contribution in [0.25, 0.3) is 80.7 Å².